The average molecular weight is 208 g/mol. The Morgan fingerprint density at radius 2 is 1.57 bits per heavy atom. The van der Waals surface area contributed by atoms with Crippen LogP contribution in [0.5, 0.6) is 0 Å². The lowest BCUT2D eigenvalue weighted by atomic mass is 9.93. The highest BCUT2D eigenvalue weighted by Gasteiger charge is 2.49. The standard InChI is InChI=1S/C6H8O8/c7-2(8)1-6(14,5(12)13)3(9)4(10)11/h3,9,14H,1H2,(H,7,8)(H,10,11)(H,12,13)/t3-,6+/m1/s1. The molecule has 0 aliphatic rings. The van der Waals surface area contributed by atoms with E-state index in [0.717, 1.165) is 0 Å². The van der Waals surface area contributed by atoms with Crippen molar-refractivity contribution < 1.29 is 39.9 Å². The molecule has 0 rings (SSSR count). The first-order valence-electron chi connectivity index (χ1n) is 3.30. The van der Waals surface area contributed by atoms with Crippen LogP contribution in [0.4, 0.5) is 0 Å². The molecule has 0 heterocycles. The fraction of sp³-hybridized carbons (Fsp3) is 0.500. The number of aliphatic hydroxyl groups excluding tert-OH is 1. The summed E-state index contributed by atoms with van der Waals surface area (Å²) in [5, 5.41) is 42.6. The van der Waals surface area contributed by atoms with Crippen LogP contribution in [-0.2, 0) is 14.4 Å². The zero-order chi connectivity index (χ0) is 11.5. The summed E-state index contributed by atoms with van der Waals surface area (Å²) < 4.78 is 0. The van der Waals surface area contributed by atoms with E-state index in [9.17, 15) is 14.4 Å². The minimum atomic E-state index is -3.22. The van der Waals surface area contributed by atoms with E-state index in [1.165, 1.54) is 0 Å². The highest BCUT2D eigenvalue weighted by molar-refractivity contribution is 5.90. The van der Waals surface area contributed by atoms with E-state index >= 15 is 0 Å². The Bertz CT molecular complexity index is 271. The van der Waals surface area contributed by atoms with E-state index in [2.05, 4.69) is 0 Å². The summed E-state index contributed by atoms with van der Waals surface area (Å²) in [5.41, 5.74) is -3.22. The first-order chi connectivity index (χ1) is 6.21. The van der Waals surface area contributed by atoms with Crippen LogP contribution in [0.15, 0.2) is 0 Å². The zero-order valence-corrected chi connectivity index (χ0v) is 6.75. The van der Waals surface area contributed by atoms with Crippen LogP contribution in [0.1, 0.15) is 6.42 Å². The SMILES string of the molecule is O=C(O)C[C@@](O)(C(=O)O)[C@H](O)C(=O)O. The van der Waals surface area contributed by atoms with Crippen molar-refractivity contribution in [2.45, 2.75) is 18.1 Å². The van der Waals surface area contributed by atoms with Crippen molar-refractivity contribution in [2.75, 3.05) is 0 Å². The third-order valence-electron chi connectivity index (χ3n) is 1.48. The van der Waals surface area contributed by atoms with E-state index in [4.69, 9.17) is 25.5 Å². The van der Waals surface area contributed by atoms with E-state index in [-0.39, 0.29) is 0 Å². The van der Waals surface area contributed by atoms with Crippen molar-refractivity contribution in [1.29, 1.82) is 0 Å². The van der Waals surface area contributed by atoms with Crippen LogP contribution < -0.4 is 0 Å². The average Bonchev–Trinajstić information content (AvgIpc) is 2.00. The van der Waals surface area contributed by atoms with E-state index in [1.807, 2.05) is 0 Å². The van der Waals surface area contributed by atoms with Crippen LogP contribution in [0.3, 0.4) is 0 Å². The van der Waals surface area contributed by atoms with Gasteiger partial charge in [0.1, 0.15) is 0 Å². The molecule has 0 aliphatic carbocycles. The molecule has 0 aromatic rings. The summed E-state index contributed by atoms with van der Waals surface area (Å²) in [5.74, 6) is -5.87. The lowest BCUT2D eigenvalue weighted by Gasteiger charge is -2.23. The molecule has 0 aromatic carbocycles. The van der Waals surface area contributed by atoms with Crippen LogP contribution in [-0.4, -0.2) is 55.1 Å². The molecule has 0 aliphatic heterocycles. The van der Waals surface area contributed by atoms with Gasteiger partial charge >= 0.3 is 17.9 Å². The van der Waals surface area contributed by atoms with Gasteiger partial charge in [-0.3, -0.25) is 4.79 Å². The largest absolute Gasteiger partial charge is 0.481 e. The second-order valence-corrected chi connectivity index (χ2v) is 2.54. The van der Waals surface area contributed by atoms with Gasteiger partial charge in [-0.05, 0) is 0 Å². The summed E-state index contributed by atoms with van der Waals surface area (Å²) in [7, 11) is 0. The molecular formula is C6H8O8. The van der Waals surface area contributed by atoms with Crippen molar-refractivity contribution in [1.82, 2.24) is 0 Å². The molecule has 0 fully saturated rings. The number of aliphatic hydroxyl groups is 2. The summed E-state index contributed by atoms with van der Waals surface area (Å²) in [6.07, 6.45) is -4.11. The number of hydrogen-bond acceptors (Lipinski definition) is 5. The Balaban J connectivity index is 4.99. The molecule has 0 amide bonds. The van der Waals surface area contributed by atoms with Gasteiger partial charge in [0, 0.05) is 0 Å². The van der Waals surface area contributed by atoms with Gasteiger partial charge in [-0.1, -0.05) is 0 Å². The molecule has 14 heavy (non-hydrogen) atoms. The second-order valence-electron chi connectivity index (χ2n) is 2.54. The fourth-order valence-corrected chi connectivity index (χ4v) is 0.724. The van der Waals surface area contributed by atoms with Crippen molar-refractivity contribution in [2.24, 2.45) is 0 Å². The van der Waals surface area contributed by atoms with E-state index in [0.29, 0.717) is 0 Å². The third-order valence-corrected chi connectivity index (χ3v) is 1.48. The Labute approximate surface area is 77.0 Å². The molecule has 0 spiro atoms. The first kappa shape index (κ1) is 12.3. The lowest BCUT2D eigenvalue weighted by molar-refractivity contribution is -0.187. The molecule has 0 aromatic heterocycles. The highest BCUT2D eigenvalue weighted by Crippen LogP contribution is 2.16. The third kappa shape index (κ3) is 2.41. The molecule has 5 N–H and O–H groups in total. The van der Waals surface area contributed by atoms with E-state index < -0.39 is 36.0 Å². The van der Waals surface area contributed by atoms with Crippen molar-refractivity contribution in [3.8, 4) is 0 Å². The van der Waals surface area contributed by atoms with E-state index in [1.54, 1.807) is 0 Å². The summed E-state index contributed by atoms with van der Waals surface area (Å²) in [6.45, 7) is 0. The normalized spacial score (nSPS) is 16.7. The number of hydrogen-bond donors (Lipinski definition) is 5. The van der Waals surface area contributed by atoms with Crippen LogP contribution >= 0.6 is 0 Å². The van der Waals surface area contributed by atoms with Gasteiger partial charge in [0.15, 0.2) is 6.10 Å². The predicted molar refractivity (Wildman–Crippen MR) is 38.5 cm³/mol. The Morgan fingerprint density at radius 1 is 1.14 bits per heavy atom. The molecule has 0 saturated carbocycles. The maximum Gasteiger partial charge on any atom is 0.339 e. The number of rotatable bonds is 5. The molecule has 0 bridgehead atoms. The minimum absolute atomic E-state index is 1.41. The highest BCUT2D eigenvalue weighted by atomic mass is 16.4. The van der Waals surface area contributed by atoms with Gasteiger partial charge in [-0.15, -0.1) is 0 Å². The van der Waals surface area contributed by atoms with Gasteiger partial charge in [-0.25, -0.2) is 9.59 Å². The molecule has 0 radical (unpaired) electrons. The van der Waals surface area contributed by atoms with Gasteiger partial charge in [-0.2, -0.15) is 0 Å². The zero-order valence-electron chi connectivity index (χ0n) is 6.75. The Hall–Kier alpha value is -1.67. The van der Waals surface area contributed by atoms with Gasteiger partial charge in [0.05, 0.1) is 6.42 Å². The molecule has 80 valence electrons. The lowest BCUT2D eigenvalue weighted by Crippen LogP contribution is -2.54. The monoisotopic (exact) mass is 208 g/mol. The molecule has 0 unspecified atom stereocenters. The topological polar surface area (TPSA) is 152 Å². The summed E-state index contributed by atoms with van der Waals surface area (Å²) >= 11 is 0. The number of carboxylic acids is 3. The van der Waals surface area contributed by atoms with Gasteiger partial charge in [0.25, 0.3) is 0 Å². The van der Waals surface area contributed by atoms with Crippen LogP contribution in [0.25, 0.3) is 0 Å². The number of carboxylic acid groups (broad SMARTS) is 3. The number of carbonyl (C=O) groups is 3. The van der Waals surface area contributed by atoms with Gasteiger partial charge in [0.2, 0.25) is 5.60 Å². The van der Waals surface area contributed by atoms with Crippen molar-refractivity contribution in [3.05, 3.63) is 0 Å². The summed E-state index contributed by atoms with van der Waals surface area (Å²) in [4.78, 5) is 30.7. The fourth-order valence-electron chi connectivity index (χ4n) is 0.724. The van der Waals surface area contributed by atoms with Crippen LogP contribution in [0, 0.1) is 0 Å². The van der Waals surface area contributed by atoms with Crippen molar-refractivity contribution in [3.63, 3.8) is 0 Å². The maximum absolute atomic E-state index is 10.4. The first-order valence-corrected chi connectivity index (χ1v) is 3.30. The molecule has 8 heteroatoms. The maximum atomic E-state index is 10.4. The number of aliphatic carboxylic acids is 3. The molecule has 0 saturated heterocycles. The van der Waals surface area contributed by atoms with Crippen LogP contribution in [0.2, 0.25) is 0 Å². The Morgan fingerprint density at radius 3 is 1.79 bits per heavy atom. The molecule has 2 atom stereocenters. The second kappa shape index (κ2) is 4.03. The predicted octanol–water partition coefficient (Wildman–Crippen LogP) is -2.28. The quantitative estimate of drug-likeness (QED) is 0.338. The van der Waals surface area contributed by atoms with Gasteiger partial charge < -0.3 is 25.5 Å². The molecular weight excluding hydrogens is 200 g/mol. The Kier molecular flexibility index (Phi) is 3.55. The molecule has 8 nitrogen and oxygen atoms in total. The minimum Gasteiger partial charge on any atom is -0.481 e. The smallest absolute Gasteiger partial charge is 0.339 e. The van der Waals surface area contributed by atoms with Crippen molar-refractivity contribution >= 4 is 17.9 Å². The summed E-state index contributed by atoms with van der Waals surface area (Å²) in [6, 6.07) is 0.